The molecule has 17 heavy (non-hydrogen) atoms. The first-order valence-electron chi connectivity index (χ1n) is 6.18. The molecule has 0 fully saturated rings. The Bertz CT molecular complexity index is 514. The third kappa shape index (κ3) is 2.28. The van der Waals surface area contributed by atoms with Crippen molar-refractivity contribution in [2.45, 2.75) is 46.6 Å². The summed E-state index contributed by atoms with van der Waals surface area (Å²) < 4.78 is 11.3. The van der Waals surface area contributed by atoms with Crippen LogP contribution < -0.4 is 4.74 Å². The lowest BCUT2D eigenvalue weighted by Gasteiger charge is -2.13. The maximum Gasteiger partial charge on any atom is 0.174 e. The minimum Gasteiger partial charge on any atom is -0.491 e. The Hall–Kier alpha value is -1.51. The van der Waals surface area contributed by atoms with Gasteiger partial charge in [0.15, 0.2) is 5.58 Å². The summed E-state index contributed by atoms with van der Waals surface area (Å²) in [6.07, 6.45) is 2.19. The van der Waals surface area contributed by atoms with Crippen LogP contribution in [0, 0.1) is 6.92 Å². The maximum atomic E-state index is 5.83. The molecule has 1 aromatic heterocycles. The molecular formula is C14H19NO2. The molecule has 0 aliphatic carbocycles. The molecule has 0 saturated carbocycles. The van der Waals surface area contributed by atoms with E-state index in [1.54, 1.807) is 0 Å². The van der Waals surface area contributed by atoms with E-state index < -0.39 is 0 Å². The first-order valence-corrected chi connectivity index (χ1v) is 6.18. The van der Waals surface area contributed by atoms with Crippen molar-refractivity contribution in [1.82, 2.24) is 5.16 Å². The van der Waals surface area contributed by atoms with Crippen molar-refractivity contribution in [2.24, 2.45) is 0 Å². The van der Waals surface area contributed by atoms with E-state index in [4.69, 9.17) is 9.26 Å². The van der Waals surface area contributed by atoms with Gasteiger partial charge in [0.2, 0.25) is 0 Å². The highest BCUT2D eigenvalue weighted by Crippen LogP contribution is 2.31. The molecule has 1 aromatic carbocycles. The highest BCUT2D eigenvalue weighted by atomic mass is 16.5. The number of hydrogen-bond acceptors (Lipinski definition) is 3. The van der Waals surface area contributed by atoms with Crippen molar-refractivity contribution < 1.29 is 9.26 Å². The molecule has 0 radical (unpaired) electrons. The summed E-state index contributed by atoms with van der Waals surface area (Å²) in [5.74, 6) is 0.922. The van der Waals surface area contributed by atoms with Gasteiger partial charge < -0.3 is 9.26 Å². The largest absolute Gasteiger partial charge is 0.491 e. The standard InChI is InChI=1S/C14H19NO2/c1-5-6-12-13(16-9(2)3)8-7-11-10(4)15-17-14(11)12/h7-9H,5-6H2,1-4H3. The molecule has 3 heteroatoms. The molecule has 0 aliphatic heterocycles. The number of benzene rings is 1. The Kier molecular flexibility index (Phi) is 3.36. The molecule has 2 aromatic rings. The minimum absolute atomic E-state index is 0.173. The van der Waals surface area contributed by atoms with Gasteiger partial charge in [-0.25, -0.2) is 0 Å². The second-order valence-electron chi connectivity index (χ2n) is 4.60. The van der Waals surface area contributed by atoms with Crippen molar-refractivity contribution in [3.63, 3.8) is 0 Å². The van der Waals surface area contributed by atoms with Crippen LogP contribution in [0.25, 0.3) is 11.0 Å². The molecule has 0 unspecified atom stereocenters. The third-order valence-electron chi connectivity index (χ3n) is 2.74. The van der Waals surface area contributed by atoms with Gasteiger partial charge in [0.25, 0.3) is 0 Å². The predicted molar refractivity (Wildman–Crippen MR) is 68.5 cm³/mol. The van der Waals surface area contributed by atoms with Crippen LogP contribution in [0.1, 0.15) is 38.4 Å². The van der Waals surface area contributed by atoms with Gasteiger partial charge in [-0.05, 0) is 39.3 Å². The Morgan fingerprint density at radius 2 is 2.12 bits per heavy atom. The molecule has 0 atom stereocenters. The quantitative estimate of drug-likeness (QED) is 0.804. The number of ether oxygens (including phenoxy) is 1. The summed E-state index contributed by atoms with van der Waals surface area (Å²) in [4.78, 5) is 0. The van der Waals surface area contributed by atoms with Crippen molar-refractivity contribution in [3.05, 3.63) is 23.4 Å². The van der Waals surface area contributed by atoms with Crippen molar-refractivity contribution in [3.8, 4) is 5.75 Å². The molecule has 0 saturated heterocycles. The summed E-state index contributed by atoms with van der Waals surface area (Å²) in [6, 6.07) is 4.05. The van der Waals surface area contributed by atoms with Crippen molar-refractivity contribution >= 4 is 11.0 Å². The van der Waals surface area contributed by atoms with Gasteiger partial charge in [-0.1, -0.05) is 18.5 Å². The molecule has 2 rings (SSSR count). The second kappa shape index (κ2) is 4.78. The van der Waals surface area contributed by atoms with Crippen LogP contribution in [0.15, 0.2) is 16.7 Å². The second-order valence-corrected chi connectivity index (χ2v) is 4.60. The molecule has 3 nitrogen and oxygen atoms in total. The van der Waals surface area contributed by atoms with Crippen LogP contribution in [0.2, 0.25) is 0 Å². The van der Waals surface area contributed by atoms with Crippen LogP contribution in [0.5, 0.6) is 5.75 Å². The van der Waals surface area contributed by atoms with Crippen LogP contribution in [-0.2, 0) is 6.42 Å². The Morgan fingerprint density at radius 1 is 1.35 bits per heavy atom. The summed E-state index contributed by atoms with van der Waals surface area (Å²) in [7, 11) is 0. The van der Waals surface area contributed by atoms with Crippen LogP contribution in [-0.4, -0.2) is 11.3 Å². The van der Waals surface area contributed by atoms with Gasteiger partial charge in [-0.3, -0.25) is 0 Å². The molecule has 1 heterocycles. The lowest BCUT2D eigenvalue weighted by atomic mass is 10.1. The van der Waals surface area contributed by atoms with Gasteiger partial charge in [0, 0.05) is 10.9 Å². The Balaban J connectivity index is 2.55. The summed E-state index contributed by atoms with van der Waals surface area (Å²) in [5.41, 5.74) is 2.95. The predicted octanol–water partition coefficient (Wildman–Crippen LogP) is 3.88. The van der Waals surface area contributed by atoms with E-state index >= 15 is 0 Å². The van der Waals surface area contributed by atoms with Gasteiger partial charge in [0.1, 0.15) is 5.75 Å². The zero-order chi connectivity index (χ0) is 12.4. The van der Waals surface area contributed by atoms with E-state index in [1.807, 2.05) is 32.9 Å². The summed E-state index contributed by atoms with van der Waals surface area (Å²) in [5, 5.41) is 5.12. The Labute approximate surface area is 102 Å². The van der Waals surface area contributed by atoms with Crippen LogP contribution >= 0.6 is 0 Å². The lowest BCUT2D eigenvalue weighted by molar-refractivity contribution is 0.240. The van der Waals surface area contributed by atoms with E-state index in [1.165, 1.54) is 0 Å². The summed E-state index contributed by atoms with van der Waals surface area (Å²) in [6.45, 7) is 8.18. The SMILES string of the molecule is CCCc1c(OC(C)C)ccc2c(C)noc12. The molecule has 0 bridgehead atoms. The molecule has 0 aliphatic rings. The van der Waals surface area contributed by atoms with E-state index in [0.717, 1.165) is 40.8 Å². The van der Waals surface area contributed by atoms with E-state index in [2.05, 4.69) is 12.1 Å². The number of aryl methyl sites for hydroxylation is 2. The highest BCUT2D eigenvalue weighted by molar-refractivity contribution is 5.84. The number of aromatic nitrogens is 1. The Morgan fingerprint density at radius 3 is 2.76 bits per heavy atom. The smallest absolute Gasteiger partial charge is 0.174 e. The first-order chi connectivity index (χ1) is 8.13. The lowest BCUT2D eigenvalue weighted by Crippen LogP contribution is -2.07. The molecule has 0 spiro atoms. The van der Waals surface area contributed by atoms with Gasteiger partial charge in [0.05, 0.1) is 11.8 Å². The highest BCUT2D eigenvalue weighted by Gasteiger charge is 2.14. The van der Waals surface area contributed by atoms with E-state index in [0.29, 0.717) is 0 Å². The fourth-order valence-electron chi connectivity index (χ4n) is 2.01. The third-order valence-corrected chi connectivity index (χ3v) is 2.74. The van der Waals surface area contributed by atoms with Gasteiger partial charge in [-0.2, -0.15) is 0 Å². The molecule has 92 valence electrons. The molecule has 0 N–H and O–H groups in total. The average Bonchev–Trinajstić information content (AvgIpc) is 2.64. The van der Waals surface area contributed by atoms with Crippen molar-refractivity contribution in [2.75, 3.05) is 0 Å². The van der Waals surface area contributed by atoms with E-state index in [9.17, 15) is 0 Å². The summed E-state index contributed by atoms with van der Waals surface area (Å²) >= 11 is 0. The fourth-order valence-corrected chi connectivity index (χ4v) is 2.01. The fraction of sp³-hybridized carbons (Fsp3) is 0.500. The number of nitrogens with zero attached hydrogens (tertiary/aromatic N) is 1. The topological polar surface area (TPSA) is 35.3 Å². The van der Waals surface area contributed by atoms with Gasteiger partial charge >= 0.3 is 0 Å². The van der Waals surface area contributed by atoms with E-state index in [-0.39, 0.29) is 6.10 Å². The maximum absolute atomic E-state index is 5.83. The van der Waals surface area contributed by atoms with Gasteiger partial charge in [-0.15, -0.1) is 0 Å². The number of rotatable bonds is 4. The number of hydrogen-bond donors (Lipinski definition) is 0. The zero-order valence-corrected chi connectivity index (χ0v) is 10.9. The number of fused-ring (bicyclic) bond motifs is 1. The normalized spacial score (nSPS) is 11.4. The van der Waals surface area contributed by atoms with Crippen LogP contribution in [0.3, 0.4) is 0 Å². The van der Waals surface area contributed by atoms with Crippen LogP contribution in [0.4, 0.5) is 0 Å². The minimum atomic E-state index is 0.173. The molecule has 0 amide bonds. The monoisotopic (exact) mass is 233 g/mol. The zero-order valence-electron chi connectivity index (χ0n) is 10.9. The first kappa shape index (κ1) is 12.0. The average molecular weight is 233 g/mol. The molecular weight excluding hydrogens is 214 g/mol. The van der Waals surface area contributed by atoms with Crippen molar-refractivity contribution in [1.29, 1.82) is 0 Å².